The van der Waals surface area contributed by atoms with E-state index in [0.29, 0.717) is 22.1 Å². The zero-order chi connectivity index (χ0) is 21.4. The number of aromatic nitrogens is 6. The van der Waals surface area contributed by atoms with Crippen LogP contribution in [0.1, 0.15) is 17.0 Å². The number of aromatic amines is 1. The third kappa shape index (κ3) is 3.77. The summed E-state index contributed by atoms with van der Waals surface area (Å²) in [5.74, 6) is 1.05. The van der Waals surface area contributed by atoms with Crippen LogP contribution < -0.4 is 5.56 Å². The van der Waals surface area contributed by atoms with Gasteiger partial charge in [0.1, 0.15) is 10.7 Å². The summed E-state index contributed by atoms with van der Waals surface area (Å²) in [5.41, 5.74) is 4.95. The number of fused-ring (bicyclic) bond motifs is 1. The van der Waals surface area contributed by atoms with Crippen LogP contribution in [-0.2, 0) is 5.75 Å². The maximum atomic E-state index is 12.8. The van der Waals surface area contributed by atoms with Crippen LogP contribution in [0.4, 0.5) is 0 Å². The van der Waals surface area contributed by atoms with Gasteiger partial charge in [0, 0.05) is 10.9 Å². The van der Waals surface area contributed by atoms with Crippen molar-refractivity contribution in [1.29, 1.82) is 0 Å². The molecular formula is C22H18N6OS2. The number of hydrogen-bond acceptors (Lipinski definition) is 7. The summed E-state index contributed by atoms with van der Waals surface area (Å²) in [6.07, 6.45) is 0. The first kappa shape index (κ1) is 19.7. The van der Waals surface area contributed by atoms with Crippen molar-refractivity contribution < 1.29 is 0 Å². The molecule has 0 bridgehead atoms. The fourth-order valence-electron chi connectivity index (χ4n) is 3.39. The highest BCUT2D eigenvalue weighted by Crippen LogP contribution is 2.31. The molecule has 5 aromatic rings. The molecule has 0 unspecified atom stereocenters. The van der Waals surface area contributed by atoms with Gasteiger partial charge in [0.15, 0.2) is 0 Å². The molecule has 31 heavy (non-hydrogen) atoms. The first-order chi connectivity index (χ1) is 15.1. The Hall–Kier alpha value is -3.30. The molecule has 0 amide bonds. The normalized spacial score (nSPS) is 11.3. The van der Waals surface area contributed by atoms with E-state index in [-0.39, 0.29) is 5.56 Å². The van der Waals surface area contributed by atoms with E-state index in [1.54, 1.807) is 4.68 Å². The Morgan fingerprint density at radius 1 is 1.13 bits per heavy atom. The highest BCUT2D eigenvalue weighted by molar-refractivity contribution is 7.98. The van der Waals surface area contributed by atoms with E-state index in [2.05, 4.69) is 43.7 Å². The summed E-state index contributed by atoms with van der Waals surface area (Å²) >= 11 is 2.91. The first-order valence-corrected chi connectivity index (χ1v) is 11.5. The lowest BCUT2D eigenvalue weighted by atomic mass is 10.1. The van der Waals surface area contributed by atoms with Crippen LogP contribution in [0.2, 0.25) is 0 Å². The number of benzene rings is 2. The van der Waals surface area contributed by atoms with Gasteiger partial charge in [0.2, 0.25) is 5.16 Å². The lowest BCUT2D eigenvalue weighted by Gasteiger charge is -2.08. The van der Waals surface area contributed by atoms with Crippen molar-refractivity contribution in [2.45, 2.75) is 24.8 Å². The SMILES string of the molecule is Cc1ccc(C)c(-n2nnnc2SCc2nc3scc(-c4ccccc4)c3c(=O)[nH]2)c1. The molecule has 0 atom stereocenters. The molecule has 3 heterocycles. The average Bonchev–Trinajstić information content (AvgIpc) is 3.42. The van der Waals surface area contributed by atoms with Crippen LogP contribution in [0.3, 0.4) is 0 Å². The number of aryl methyl sites for hydroxylation is 2. The maximum Gasteiger partial charge on any atom is 0.260 e. The molecule has 7 nitrogen and oxygen atoms in total. The molecule has 0 saturated carbocycles. The topological polar surface area (TPSA) is 89.3 Å². The lowest BCUT2D eigenvalue weighted by molar-refractivity contribution is 0.751. The Bertz CT molecular complexity index is 1440. The Balaban J connectivity index is 1.44. The average molecular weight is 447 g/mol. The second kappa shape index (κ2) is 8.09. The number of thiophene rings is 1. The lowest BCUT2D eigenvalue weighted by Crippen LogP contribution is -2.11. The summed E-state index contributed by atoms with van der Waals surface area (Å²) in [5, 5.41) is 15.4. The molecule has 0 fully saturated rings. The van der Waals surface area contributed by atoms with Crippen LogP contribution in [-0.4, -0.2) is 30.2 Å². The van der Waals surface area contributed by atoms with E-state index in [0.717, 1.165) is 32.8 Å². The number of tetrazole rings is 1. The molecule has 1 N–H and O–H groups in total. The van der Waals surface area contributed by atoms with Gasteiger partial charge < -0.3 is 4.98 Å². The molecular weight excluding hydrogens is 428 g/mol. The zero-order valence-corrected chi connectivity index (χ0v) is 18.5. The number of rotatable bonds is 5. The number of nitrogens with one attached hydrogen (secondary N) is 1. The molecule has 0 saturated heterocycles. The summed E-state index contributed by atoms with van der Waals surface area (Å²) in [6.45, 7) is 4.06. The van der Waals surface area contributed by atoms with Crippen molar-refractivity contribution >= 4 is 33.3 Å². The van der Waals surface area contributed by atoms with Crippen molar-refractivity contribution in [3.63, 3.8) is 0 Å². The van der Waals surface area contributed by atoms with Gasteiger partial charge in [-0.1, -0.05) is 54.2 Å². The summed E-state index contributed by atoms with van der Waals surface area (Å²) in [4.78, 5) is 21.2. The second-order valence-corrected chi connectivity index (χ2v) is 8.96. The van der Waals surface area contributed by atoms with Gasteiger partial charge in [0.05, 0.1) is 16.8 Å². The predicted molar refractivity (Wildman–Crippen MR) is 124 cm³/mol. The van der Waals surface area contributed by atoms with Crippen molar-refractivity contribution in [3.05, 3.63) is 81.2 Å². The number of thioether (sulfide) groups is 1. The van der Waals surface area contributed by atoms with Gasteiger partial charge in [-0.2, -0.15) is 4.68 Å². The largest absolute Gasteiger partial charge is 0.309 e. The van der Waals surface area contributed by atoms with Crippen LogP contribution >= 0.6 is 23.1 Å². The first-order valence-electron chi connectivity index (χ1n) is 9.65. The highest BCUT2D eigenvalue weighted by atomic mass is 32.2. The van der Waals surface area contributed by atoms with Gasteiger partial charge in [-0.15, -0.1) is 16.4 Å². The minimum absolute atomic E-state index is 0.130. The molecule has 2 aromatic carbocycles. The Morgan fingerprint density at radius 2 is 1.97 bits per heavy atom. The van der Waals surface area contributed by atoms with Gasteiger partial charge in [-0.3, -0.25) is 4.79 Å². The van der Waals surface area contributed by atoms with Crippen LogP contribution in [0.15, 0.2) is 63.9 Å². The molecule has 0 radical (unpaired) electrons. The monoisotopic (exact) mass is 446 g/mol. The fraction of sp³-hybridized carbons (Fsp3) is 0.136. The Morgan fingerprint density at radius 3 is 2.81 bits per heavy atom. The molecule has 0 aliphatic rings. The van der Waals surface area contributed by atoms with E-state index in [1.807, 2.05) is 49.6 Å². The van der Waals surface area contributed by atoms with E-state index < -0.39 is 0 Å². The van der Waals surface area contributed by atoms with Crippen molar-refractivity contribution in [2.75, 3.05) is 0 Å². The smallest absolute Gasteiger partial charge is 0.260 e. The number of nitrogens with zero attached hydrogens (tertiary/aromatic N) is 5. The van der Waals surface area contributed by atoms with E-state index >= 15 is 0 Å². The van der Waals surface area contributed by atoms with Crippen molar-refractivity contribution in [1.82, 2.24) is 30.2 Å². The maximum absolute atomic E-state index is 12.8. The molecule has 0 spiro atoms. The van der Waals surface area contributed by atoms with Crippen LogP contribution in [0.5, 0.6) is 0 Å². The van der Waals surface area contributed by atoms with Crippen LogP contribution in [0, 0.1) is 13.8 Å². The Kier molecular flexibility index (Phi) is 5.13. The molecule has 0 aliphatic heterocycles. The van der Waals surface area contributed by atoms with Gasteiger partial charge in [0.25, 0.3) is 5.56 Å². The minimum atomic E-state index is -0.130. The van der Waals surface area contributed by atoms with Gasteiger partial charge in [-0.05, 0) is 47.0 Å². The third-order valence-corrected chi connectivity index (χ3v) is 6.75. The standard InChI is InChI=1S/C22H18N6OS2/c1-13-8-9-14(2)17(10-13)28-22(25-26-27-28)31-12-18-23-20(29)19-16(11-30-21(19)24-18)15-6-4-3-5-7-15/h3-11H,12H2,1-2H3,(H,23,24,29). The fourth-order valence-corrected chi connectivity index (χ4v) is 5.11. The summed E-state index contributed by atoms with van der Waals surface area (Å²) in [6, 6.07) is 16.0. The van der Waals surface area contributed by atoms with Gasteiger partial charge in [-0.25, -0.2) is 4.98 Å². The molecule has 9 heteroatoms. The third-order valence-electron chi connectivity index (χ3n) is 4.95. The minimum Gasteiger partial charge on any atom is -0.309 e. The summed E-state index contributed by atoms with van der Waals surface area (Å²) in [7, 11) is 0. The zero-order valence-electron chi connectivity index (χ0n) is 16.9. The second-order valence-electron chi connectivity index (χ2n) is 7.16. The van der Waals surface area contributed by atoms with Crippen molar-refractivity contribution in [2.24, 2.45) is 0 Å². The van der Waals surface area contributed by atoms with E-state index in [9.17, 15) is 4.79 Å². The molecule has 3 aromatic heterocycles. The van der Waals surface area contributed by atoms with E-state index in [4.69, 9.17) is 0 Å². The number of hydrogen-bond donors (Lipinski definition) is 1. The molecule has 0 aliphatic carbocycles. The predicted octanol–water partition coefficient (Wildman–Crippen LogP) is 4.54. The summed E-state index contributed by atoms with van der Waals surface area (Å²) < 4.78 is 1.72. The quantitative estimate of drug-likeness (QED) is 0.399. The number of H-pyrrole nitrogens is 1. The highest BCUT2D eigenvalue weighted by Gasteiger charge is 2.15. The van der Waals surface area contributed by atoms with E-state index in [1.165, 1.54) is 23.1 Å². The van der Waals surface area contributed by atoms with Crippen molar-refractivity contribution in [3.8, 4) is 16.8 Å². The van der Waals surface area contributed by atoms with Gasteiger partial charge >= 0.3 is 0 Å². The molecule has 5 rings (SSSR count). The Labute approximate surface area is 186 Å². The molecule has 154 valence electrons. The van der Waals surface area contributed by atoms with Crippen LogP contribution in [0.25, 0.3) is 27.0 Å².